The van der Waals surface area contributed by atoms with Crippen molar-refractivity contribution in [1.82, 2.24) is 14.5 Å². The topological polar surface area (TPSA) is 42.7 Å². The van der Waals surface area contributed by atoms with E-state index < -0.39 is 0 Å². The lowest BCUT2D eigenvalue weighted by molar-refractivity contribution is 0.803. The second-order valence-electron chi connectivity index (χ2n) is 4.55. The third-order valence-corrected chi connectivity index (χ3v) is 3.18. The fraction of sp³-hybridized carbons (Fsp3) is 0.125. The van der Waals surface area contributed by atoms with Crippen molar-refractivity contribution >= 4 is 5.82 Å². The number of pyridine rings is 1. The van der Waals surface area contributed by atoms with E-state index in [-0.39, 0.29) is 0 Å². The molecule has 0 saturated heterocycles. The number of hydrogen-bond acceptors (Lipinski definition) is 3. The Morgan fingerprint density at radius 2 is 1.90 bits per heavy atom. The number of nitrogens with one attached hydrogen (secondary N) is 1. The van der Waals surface area contributed by atoms with Gasteiger partial charge in [0, 0.05) is 31.2 Å². The van der Waals surface area contributed by atoms with Crippen molar-refractivity contribution in [2.45, 2.75) is 6.54 Å². The molecule has 0 aliphatic rings. The zero-order chi connectivity index (χ0) is 13.8. The van der Waals surface area contributed by atoms with Crippen molar-refractivity contribution in [2.75, 3.05) is 12.4 Å². The van der Waals surface area contributed by atoms with Gasteiger partial charge in [-0.25, -0.2) is 9.97 Å². The summed E-state index contributed by atoms with van der Waals surface area (Å²) in [5.41, 5.74) is 2.27. The van der Waals surface area contributed by atoms with Gasteiger partial charge in [-0.2, -0.15) is 0 Å². The van der Waals surface area contributed by atoms with E-state index in [1.807, 2.05) is 49.9 Å². The molecular weight excluding hydrogens is 248 g/mol. The Balaban J connectivity index is 1.86. The molecule has 4 nitrogen and oxygen atoms in total. The minimum Gasteiger partial charge on any atom is -0.373 e. The number of hydrogen-bond donors (Lipinski definition) is 1. The first kappa shape index (κ1) is 12.4. The van der Waals surface area contributed by atoms with E-state index in [1.54, 1.807) is 0 Å². The molecule has 0 unspecified atom stereocenters. The molecule has 100 valence electrons. The fourth-order valence-electron chi connectivity index (χ4n) is 2.15. The van der Waals surface area contributed by atoms with Crippen LogP contribution in [-0.4, -0.2) is 21.6 Å². The normalized spacial score (nSPS) is 10.4. The summed E-state index contributed by atoms with van der Waals surface area (Å²) in [6, 6.07) is 14.3. The van der Waals surface area contributed by atoms with Crippen molar-refractivity contribution in [3.05, 3.63) is 66.6 Å². The van der Waals surface area contributed by atoms with Gasteiger partial charge in [0.05, 0.1) is 6.54 Å². The maximum absolute atomic E-state index is 4.45. The summed E-state index contributed by atoms with van der Waals surface area (Å²) in [6.07, 6.45) is 5.71. The van der Waals surface area contributed by atoms with Crippen LogP contribution in [0.1, 0.15) is 5.56 Å². The molecule has 0 saturated carbocycles. The highest BCUT2D eigenvalue weighted by atomic mass is 15.1. The summed E-state index contributed by atoms with van der Waals surface area (Å²) in [4.78, 5) is 8.78. The van der Waals surface area contributed by atoms with Gasteiger partial charge in [0.25, 0.3) is 0 Å². The molecule has 4 heteroatoms. The molecule has 3 aromatic rings. The summed E-state index contributed by atoms with van der Waals surface area (Å²) < 4.78 is 2.13. The van der Waals surface area contributed by atoms with E-state index in [9.17, 15) is 0 Å². The predicted molar refractivity (Wildman–Crippen MR) is 80.5 cm³/mol. The Morgan fingerprint density at radius 3 is 2.60 bits per heavy atom. The Morgan fingerprint density at radius 1 is 1.05 bits per heavy atom. The molecule has 0 amide bonds. The Kier molecular flexibility index (Phi) is 3.46. The maximum atomic E-state index is 4.45. The number of imidazole rings is 1. The highest BCUT2D eigenvalue weighted by Crippen LogP contribution is 2.18. The second kappa shape index (κ2) is 5.57. The lowest BCUT2D eigenvalue weighted by Gasteiger charge is -2.08. The lowest BCUT2D eigenvalue weighted by Crippen LogP contribution is -2.02. The largest absolute Gasteiger partial charge is 0.373 e. The molecule has 0 atom stereocenters. The highest BCUT2D eigenvalue weighted by molar-refractivity contribution is 5.55. The molecule has 3 rings (SSSR count). The van der Waals surface area contributed by atoms with Gasteiger partial charge in [-0.1, -0.05) is 36.4 Å². The van der Waals surface area contributed by atoms with Crippen molar-refractivity contribution in [3.63, 3.8) is 0 Å². The molecule has 1 aromatic carbocycles. The third kappa shape index (κ3) is 2.54. The molecule has 0 radical (unpaired) electrons. The van der Waals surface area contributed by atoms with E-state index in [0.717, 1.165) is 29.3 Å². The number of anilines is 1. The highest BCUT2D eigenvalue weighted by Gasteiger charge is 2.06. The fourth-order valence-corrected chi connectivity index (χ4v) is 2.15. The average Bonchev–Trinajstić information content (AvgIpc) is 2.97. The molecule has 1 N–H and O–H groups in total. The zero-order valence-corrected chi connectivity index (χ0v) is 11.3. The summed E-state index contributed by atoms with van der Waals surface area (Å²) >= 11 is 0. The molecule has 0 aliphatic carbocycles. The monoisotopic (exact) mass is 264 g/mol. The minimum atomic E-state index is 0.765. The van der Waals surface area contributed by atoms with Crippen LogP contribution in [-0.2, 0) is 6.54 Å². The van der Waals surface area contributed by atoms with Crippen LogP contribution in [0.3, 0.4) is 0 Å². The quantitative estimate of drug-likeness (QED) is 0.787. The Bertz CT molecular complexity index is 671. The van der Waals surface area contributed by atoms with Crippen molar-refractivity contribution in [1.29, 1.82) is 0 Å². The third-order valence-electron chi connectivity index (χ3n) is 3.18. The van der Waals surface area contributed by atoms with Crippen LogP contribution in [0.25, 0.3) is 11.4 Å². The molecule has 0 aliphatic heterocycles. The molecule has 0 spiro atoms. The van der Waals surface area contributed by atoms with Crippen molar-refractivity contribution in [3.8, 4) is 11.4 Å². The van der Waals surface area contributed by atoms with Crippen LogP contribution < -0.4 is 5.32 Å². The van der Waals surface area contributed by atoms with Crippen molar-refractivity contribution in [2.24, 2.45) is 0 Å². The Hall–Kier alpha value is -2.62. The molecule has 0 fully saturated rings. The van der Waals surface area contributed by atoms with Gasteiger partial charge in [0.1, 0.15) is 11.6 Å². The van der Waals surface area contributed by atoms with Crippen LogP contribution in [0, 0.1) is 0 Å². The molecular formula is C16H16N4. The zero-order valence-electron chi connectivity index (χ0n) is 11.3. The van der Waals surface area contributed by atoms with Gasteiger partial charge in [0.2, 0.25) is 0 Å². The smallest absolute Gasteiger partial charge is 0.140 e. The lowest BCUT2D eigenvalue weighted by atomic mass is 10.2. The average molecular weight is 264 g/mol. The van der Waals surface area contributed by atoms with Gasteiger partial charge in [0.15, 0.2) is 0 Å². The van der Waals surface area contributed by atoms with Gasteiger partial charge >= 0.3 is 0 Å². The molecule has 0 bridgehead atoms. The van der Waals surface area contributed by atoms with Crippen molar-refractivity contribution < 1.29 is 0 Å². The summed E-state index contributed by atoms with van der Waals surface area (Å²) in [5.74, 6) is 1.85. The Labute approximate surface area is 118 Å². The van der Waals surface area contributed by atoms with Crippen LogP contribution in [0.15, 0.2) is 61.1 Å². The van der Waals surface area contributed by atoms with E-state index in [0.29, 0.717) is 0 Å². The second-order valence-corrected chi connectivity index (χ2v) is 4.55. The van der Waals surface area contributed by atoms with Crippen LogP contribution >= 0.6 is 0 Å². The van der Waals surface area contributed by atoms with Crippen LogP contribution in [0.2, 0.25) is 0 Å². The minimum absolute atomic E-state index is 0.765. The molecule has 2 heterocycles. The van der Waals surface area contributed by atoms with Gasteiger partial charge in [-0.05, 0) is 11.6 Å². The van der Waals surface area contributed by atoms with Gasteiger partial charge in [-0.15, -0.1) is 0 Å². The summed E-state index contributed by atoms with van der Waals surface area (Å²) in [7, 11) is 1.87. The standard InChI is InChI=1S/C16H16N4/c1-17-15-8-7-13(11-19-15)12-20-10-9-18-16(20)14-5-3-2-4-6-14/h2-11H,12H2,1H3,(H,17,19). The van der Waals surface area contributed by atoms with Gasteiger partial charge < -0.3 is 9.88 Å². The predicted octanol–water partition coefficient (Wildman–Crippen LogP) is 3.04. The maximum Gasteiger partial charge on any atom is 0.140 e. The number of rotatable bonds is 4. The number of benzene rings is 1. The van der Waals surface area contributed by atoms with E-state index in [2.05, 4.69) is 38.1 Å². The first-order chi connectivity index (χ1) is 9.86. The first-order valence-electron chi connectivity index (χ1n) is 6.56. The first-order valence-corrected chi connectivity index (χ1v) is 6.56. The van der Waals surface area contributed by atoms with Crippen LogP contribution in [0.5, 0.6) is 0 Å². The molecule has 2 aromatic heterocycles. The van der Waals surface area contributed by atoms with E-state index in [1.165, 1.54) is 0 Å². The van der Waals surface area contributed by atoms with E-state index >= 15 is 0 Å². The number of aromatic nitrogens is 3. The molecule has 20 heavy (non-hydrogen) atoms. The summed E-state index contributed by atoms with van der Waals surface area (Å²) in [6.45, 7) is 0.765. The van der Waals surface area contributed by atoms with Gasteiger partial charge in [-0.3, -0.25) is 0 Å². The summed E-state index contributed by atoms with van der Waals surface area (Å²) in [5, 5.41) is 3.02. The van der Waals surface area contributed by atoms with E-state index in [4.69, 9.17) is 0 Å². The van der Waals surface area contributed by atoms with Crippen LogP contribution in [0.4, 0.5) is 5.82 Å². The number of nitrogens with zero attached hydrogens (tertiary/aromatic N) is 3. The SMILES string of the molecule is CNc1ccc(Cn2ccnc2-c2ccccc2)cn1.